The fourth-order valence-electron chi connectivity index (χ4n) is 1.93. The number of aryl methyl sites for hydroxylation is 2. The van der Waals surface area contributed by atoms with Crippen molar-refractivity contribution in [3.8, 4) is 5.75 Å². The molecule has 0 aliphatic heterocycles. The van der Waals surface area contributed by atoms with Gasteiger partial charge < -0.3 is 10.4 Å². The van der Waals surface area contributed by atoms with E-state index in [4.69, 9.17) is 0 Å². The molecule has 6 heteroatoms. The minimum Gasteiger partial charge on any atom is -0.507 e. The number of benzene rings is 2. The molecule has 0 fully saturated rings. The summed E-state index contributed by atoms with van der Waals surface area (Å²) in [5, 5.41) is 16.8. The van der Waals surface area contributed by atoms with Crippen LogP contribution in [0.2, 0.25) is 0 Å². The summed E-state index contributed by atoms with van der Waals surface area (Å²) in [5.74, 6) is -0.128. The number of hydrazone groups is 1. The molecule has 1 amide bonds. The summed E-state index contributed by atoms with van der Waals surface area (Å²) in [7, 11) is 0. The summed E-state index contributed by atoms with van der Waals surface area (Å²) in [6.45, 7) is 3.91. The molecule has 0 heterocycles. The van der Waals surface area contributed by atoms with Crippen molar-refractivity contribution in [1.82, 2.24) is 5.43 Å². The topological polar surface area (TPSA) is 73.7 Å². The number of phenols is 1. The third kappa shape index (κ3) is 5.10. The maximum absolute atomic E-state index is 11.7. The number of anilines is 1. The van der Waals surface area contributed by atoms with Gasteiger partial charge in [-0.05, 0) is 43.7 Å². The van der Waals surface area contributed by atoms with Gasteiger partial charge in [-0.25, -0.2) is 5.43 Å². The maximum Gasteiger partial charge on any atom is 0.259 e. The number of rotatable bonds is 5. The third-order valence-electron chi connectivity index (χ3n) is 3.19. The molecule has 2 rings (SSSR count). The Morgan fingerprint density at radius 3 is 2.65 bits per heavy atom. The molecule has 0 saturated heterocycles. The molecule has 120 valence electrons. The minimum absolute atomic E-state index is 0.115. The van der Waals surface area contributed by atoms with Crippen LogP contribution in [0.15, 0.2) is 46.0 Å². The van der Waals surface area contributed by atoms with Crippen LogP contribution < -0.4 is 10.7 Å². The molecule has 5 nitrogen and oxygen atoms in total. The fraction of sp³-hybridized carbons (Fsp3) is 0.176. The Hall–Kier alpha value is -2.34. The van der Waals surface area contributed by atoms with Crippen LogP contribution in [0.3, 0.4) is 0 Å². The van der Waals surface area contributed by atoms with Crippen LogP contribution >= 0.6 is 15.9 Å². The Kier molecular flexibility index (Phi) is 5.76. The summed E-state index contributed by atoms with van der Waals surface area (Å²) in [6.07, 6.45) is 1.41. The monoisotopic (exact) mass is 375 g/mol. The zero-order valence-electron chi connectivity index (χ0n) is 12.9. The lowest BCUT2D eigenvalue weighted by atomic mass is 10.1. The van der Waals surface area contributed by atoms with Gasteiger partial charge >= 0.3 is 0 Å². The highest BCUT2D eigenvalue weighted by Gasteiger charge is 2.04. The van der Waals surface area contributed by atoms with Crippen LogP contribution in [0, 0.1) is 13.8 Å². The van der Waals surface area contributed by atoms with Crippen molar-refractivity contribution in [1.29, 1.82) is 0 Å². The van der Waals surface area contributed by atoms with E-state index in [2.05, 4.69) is 31.8 Å². The number of nitrogens with one attached hydrogen (secondary N) is 2. The summed E-state index contributed by atoms with van der Waals surface area (Å²) in [6, 6.07) is 11.3. The van der Waals surface area contributed by atoms with Crippen molar-refractivity contribution in [2.75, 3.05) is 11.9 Å². The Morgan fingerprint density at radius 1 is 1.26 bits per heavy atom. The van der Waals surface area contributed by atoms with E-state index >= 15 is 0 Å². The average molecular weight is 376 g/mol. The first kappa shape index (κ1) is 17.0. The van der Waals surface area contributed by atoms with Crippen molar-refractivity contribution >= 4 is 33.7 Å². The number of carbonyl (C=O) groups is 1. The molecule has 2 aromatic carbocycles. The number of nitrogens with zero attached hydrogens (tertiary/aromatic N) is 1. The number of hydrogen-bond donors (Lipinski definition) is 3. The summed E-state index contributed by atoms with van der Waals surface area (Å²) < 4.78 is 0.835. The van der Waals surface area contributed by atoms with Gasteiger partial charge in [0.15, 0.2) is 0 Å². The highest BCUT2D eigenvalue weighted by molar-refractivity contribution is 9.10. The van der Waals surface area contributed by atoms with E-state index < -0.39 is 0 Å². The highest BCUT2D eigenvalue weighted by Crippen LogP contribution is 2.25. The highest BCUT2D eigenvalue weighted by atomic mass is 79.9. The Morgan fingerprint density at radius 2 is 1.96 bits per heavy atom. The number of amides is 1. The van der Waals surface area contributed by atoms with Crippen LogP contribution in [0.25, 0.3) is 0 Å². The molecule has 0 aromatic heterocycles. The molecular weight excluding hydrogens is 358 g/mol. The van der Waals surface area contributed by atoms with Gasteiger partial charge in [0.1, 0.15) is 5.75 Å². The Bertz CT molecular complexity index is 727. The van der Waals surface area contributed by atoms with Gasteiger partial charge in [0.05, 0.1) is 12.8 Å². The molecule has 3 N–H and O–H groups in total. The first-order valence-corrected chi connectivity index (χ1v) is 7.86. The first-order chi connectivity index (χ1) is 11.0. The van der Waals surface area contributed by atoms with Crippen molar-refractivity contribution in [3.05, 3.63) is 57.6 Å². The van der Waals surface area contributed by atoms with Gasteiger partial charge in [0.25, 0.3) is 5.91 Å². The van der Waals surface area contributed by atoms with Gasteiger partial charge in [-0.15, -0.1) is 0 Å². The van der Waals surface area contributed by atoms with Crippen LogP contribution in [0.5, 0.6) is 5.75 Å². The molecule has 0 bridgehead atoms. The number of aromatic hydroxyl groups is 1. The van der Waals surface area contributed by atoms with E-state index in [0.29, 0.717) is 5.56 Å². The molecule has 0 spiro atoms. The number of hydrogen-bond acceptors (Lipinski definition) is 4. The summed E-state index contributed by atoms with van der Waals surface area (Å²) in [4.78, 5) is 11.7. The second-order valence-corrected chi connectivity index (χ2v) is 6.09. The Balaban J connectivity index is 1.88. The fourth-order valence-corrected chi connectivity index (χ4v) is 2.52. The van der Waals surface area contributed by atoms with Gasteiger partial charge in [-0.3, -0.25) is 4.79 Å². The Labute approximate surface area is 143 Å². The van der Waals surface area contributed by atoms with Crippen molar-refractivity contribution in [2.45, 2.75) is 13.8 Å². The molecule has 0 aliphatic carbocycles. The zero-order valence-corrected chi connectivity index (χ0v) is 14.5. The molecule has 23 heavy (non-hydrogen) atoms. The number of carbonyl (C=O) groups excluding carboxylic acids is 1. The predicted molar refractivity (Wildman–Crippen MR) is 95.9 cm³/mol. The van der Waals surface area contributed by atoms with Crippen LogP contribution in [0.4, 0.5) is 5.69 Å². The van der Waals surface area contributed by atoms with E-state index in [-0.39, 0.29) is 18.2 Å². The van der Waals surface area contributed by atoms with Crippen molar-refractivity contribution < 1.29 is 9.90 Å². The van der Waals surface area contributed by atoms with Gasteiger partial charge in [0.2, 0.25) is 0 Å². The van der Waals surface area contributed by atoms with E-state index in [0.717, 1.165) is 21.3 Å². The predicted octanol–water partition coefficient (Wildman–Crippen LogP) is 3.33. The van der Waals surface area contributed by atoms with E-state index in [1.807, 2.05) is 31.2 Å². The van der Waals surface area contributed by atoms with E-state index in [1.54, 1.807) is 19.1 Å². The number of phenolic OH excluding ortho intramolecular Hbond substituents is 1. The second kappa shape index (κ2) is 7.78. The molecule has 0 aliphatic rings. The zero-order chi connectivity index (χ0) is 16.8. The van der Waals surface area contributed by atoms with Crippen LogP contribution in [-0.4, -0.2) is 23.8 Å². The molecule has 0 radical (unpaired) electrons. The van der Waals surface area contributed by atoms with Crippen LogP contribution in [0.1, 0.15) is 16.7 Å². The second-order valence-electron chi connectivity index (χ2n) is 5.17. The van der Waals surface area contributed by atoms with Crippen molar-refractivity contribution in [3.63, 3.8) is 0 Å². The summed E-state index contributed by atoms with van der Waals surface area (Å²) in [5.41, 5.74) is 5.71. The number of halogens is 1. The normalized spacial score (nSPS) is 10.7. The van der Waals surface area contributed by atoms with Gasteiger partial charge in [-0.2, -0.15) is 5.10 Å². The SMILES string of the molecule is Cc1ccc(NCC(=O)NN=Cc2cc(Br)cc(C)c2O)cc1. The van der Waals surface area contributed by atoms with E-state index in [1.165, 1.54) is 6.21 Å². The average Bonchev–Trinajstić information content (AvgIpc) is 2.51. The largest absolute Gasteiger partial charge is 0.507 e. The standard InChI is InChI=1S/C17H18BrN3O2/c1-11-3-5-15(6-4-11)19-10-16(22)21-20-9-13-8-14(18)7-12(2)17(13)23/h3-9,19,23H,10H2,1-2H3,(H,21,22). The smallest absolute Gasteiger partial charge is 0.259 e. The lowest BCUT2D eigenvalue weighted by molar-refractivity contribution is -0.119. The van der Waals surface area contributed by atoms with Crippen molar-refractivity contribution in [2.24, 2.45) is 5.10 Å². The maximum atomic E-state index is 11.7. The lowest BCUT2D eigenvalue weighted by Gasteiger charge is -2.06. The molecule has 0 atom stereocenters. The summed E-state index contributed by atoms with van der Waals surface area (Å²) >= 11 is 3.35. The van der Waals surface area contributed by atoms with Gasteiger partial charge in [0, 0.05) is 15.7 Å². The first-order valence-electron chi connectivity index (χ1n) is 7.07. The molecule has 2 aromatic rings. The van der Waals surface area contributed by atoms with E-state index in [9.17, 15) is 9.90 Å². The lowest BCUT2D eigenvalue weighted by Crippen LogP contribution is -2.25. The van der Waals surface area contributed by atoms with Gasteiger partial charge in [-0.1, -0.05) is 33.6 Å². The third-order valence-corrected chi connectivity index (χ3v) is 3.65. The quantitative estimate of drug-likeness (QED) is 0.554. The molecular formula is C17H18BrN3O2. The van der Waals surface area contributed by atoms with Crippen LogP contribution in [-0.2, 0) is 4.79 Å². The molecule has 0 saturated carbocycles. The molecule has 0 unspecified atom stereocenters. The minimum atomic E-state index is -0.270.